The van der Waals surface area contributed by atoms with Crippen molar-refractivity contribution in [2.75, 3.05) is 6.54 Å². The minimum absolute atomic E-state index is 0.116. The van der Waals surface area contributed by atoms with Crippen LogP contribution in [0.4, 0.5) is 4.39 Å². The molecule has 21 heavy (non-hydrogen) atoms. The molecule has 2 aromatic rings. The van der Waals surface area contributed by atoms with E-state index >= 15 is 0 Å². The van der Waals surface area contributed by atoms with Crippen LogP contribution in [-0.4, -0.2) is 6.54 Å². The predicted molar refractivity (Wildman–Crippen MR) is 83.1 cm³/mol. The summed E-state index contributed by atoms with van der Waals surface area (Å²) in [5.41, 5.74) is 6.66. The van der Waals surface area contributed by atoms with E-state index in [0.717, 1.165) is 5.56 Å². The van der Waals surface area contributed by atoms with Gasteiger partial charge in [-0.3, -0.25) is 0 Å². The minimum atomic E-state index is -0.460. The Morgan fingerprint density at radius 3 is 2.67 bits per heavy atom. The largest absolute Gasteiger partial charge is 0.486 e. The summed E-state index contributed by atoms with van der Waals surface area (Å²) in [5, 5.41) is 1.01. The average Bonchev–Trinajstić information content (AvgIpc) is 2.46. The molecule has 2 rings (SSSR count). The molecule has 0 fully saturated rings. The van der Waals surface area contributed by atoms with Crippen LogP contribution in [0.2, 0.25) is 10.0 Å². The monoisotopic (exact) mass is 323 g/mol. The molecule has 0 radical (unpaired) electrons. The fourth-order valence-electron chi connectivity index (χ4n) is 1.64. The number of benzene rings is 2. The highest BCUT2D eigenvalue weighted by Gasteiger charge is 2.07. The maximum Gasteiger partial charge on any atom is 0.165 e. The van der Waals surface area contributed by atoms with E-state index in [9.17, 15) is 4.39 Å². The molecule has 0 saturated carbocycles. The lowest BCUT2D eigenvalue weighted by Crippen LogP contribution is -1.99. The Hall–Kier alpha value is -1.73. The fraction of sp³-hybridized carbons (Fsp3) is 0.125. The topological polar surface area (TPSA) is 35.2 Å². The third kappa shape index (κ3) is 4.37. The SMILES string of the molecule is NCC#Cc1ccc(F)c(OCc2ccc(Cl)cc2Cl)c1. The van der Waals surface area contributed by atoms with E-state index in [1.54, 1.807) is 24.3 Å². The van der Waals surface area contributed by atoms with Gasteiger partial charge in [0, 0.05) is 21.2 Å². The van der Waals surface area contributed by atoms with E-state index < -0.39 is 5.82 Å². The molecular weight excluding hydrogens is 312 g/mol. The molecule has 0 bridgehead atoms. The standard InChI is InChI=1S/C16H12Cl2FNO/c17-13-5-4-12(14(18)9-13)10-21-16-8-11(2-1-7-20)3-6-15(16)19/h3-6,8-9H,7,10,20H2. The van der Waals surface area contributed by atoms with Crippen molar-refractivity contribution in [2.45, 2.75) is 6.61 Å². The zero-order chi connectivity index (χ0) is 15.2. The molecule has 0 unspecified atom stereocenters. The van der Waals surface area contributed by atoms with Crippen molar-refractivity contribution < 1.29 is 9.13 Å². The molecule has 5 heteroatoms. The van der Waals surface area contributed by atoms with Crippen molar-refractivity contribution in [2.24, 2.45) is 5.73 Å². The molecule has 0 aliphatic carbocycles. The number of nitrogens with two attached hydrogens (primary N) is 1. The second-order valence-electron chi connectivity index (χ2n) is 4.18. The van der Waals surface area contributed by atoms with Gasteiger partial charge >= 0.3 is 0 Å². The number of ether oxygens (including phenoxy) is 1. The van der Waals surface area contributed by atoms with Crippen LogP contribution in [0.5, 0.6) is 5.75 Å². The Morgan fingerprint density at radius 2 is 1.95 bits per heavy atom. The molecular formula is C16H12Cl2FNO. The number of hydrogen-bond donors (Lipinski definition) is 1. The van der Waals surface area contributed by atoms with E-state index in [1.165, 1.54) is 12.1 Å². The van der Waals surface area contributed by atoms with Gasteiger partial charge in [0.15, 0.2) is 11.6 Å². The van der Waals surface area contributed by atoms with Gasteiger partial charge in [-0.1, -0.05) is 41.1 Å². The van der Waals surface area contributed by atoms with E-state index in [2.05, 4.69) is 11.8 Å². The molecule has 0 aromatic heterocycles. The lowest BCUT2D eigenvalue weighted by molar-refractivity contribution is 0.290. The van der Waals surface area contributed by atoms with Gasteiger partial charge in [-0.05, 0) is 30.3 Å². The van der Waals surface area contributed by atoms with E-state index in [0.29, 0.717) is 15.6 Å². The Kier molecular flexibility index (Phi) is 5.46. The third-order valence-corrected chi connectivity index (χ3v) is 3.25. The highest BCUT2D eigenvalue weighted by molar-refractivity contribution is 6.35. The summed E-state index contributed by atoms with van der Waals surface area (Å²) in [6, 6.07) is 9.45. The van der Waals surface area contributed by atoms with Gasteiger partial charge in [0.25, 0.3) is 0 Å². The summed E-state index contributed by atoms with van der Waals surface area (Å²) >= 11 is 11.9. The Bertz CT molecular complexity index is 707. The average molecular weight is 324 g/mol. The van der Waals surface area contributed by atoms with E-state index in [4.69, 9.17) is 33.7 Å². The molecule has 0 heterocycles. The number of hydrogen-bond acceptors (Lipinski definition) is 2. The summed E-state index contributed by atoms with van der Waals surface area (Å²) in [6.45, 7) is 0.384. The molecule has 2 N–H and O–H groups in total. The van der Waals surface area contributed by atoms with Gasteiger partial charge in [0.1, 0.15) is 6.61 Å². The lowest BCUT2D eigenvalue weighted by atomic mass is 10.2. The first-order chi connectivity index (χ1) is 10.1. The minimum Gasteiger partial charge on any atom is -0.486 e. The van der Waals surface area contributed by atoms with Crippen molar-refractivity contribution >= 4 is 23.2 Å². The molecule has 108 valence electrons. The molecule has 0 atom stereocenters. The first-order valence-corrected chi connectivity index (χ1v) is 6.91. The van der Waals surface area contributed by atoms with Crippen LogP contribution >= 0.6 is 23.2 Å². The molecule has 0 amide bonds. The molecule has 2 aromatic carbocycles. The zero-order valence-corrected chi connectivity index (χ0v) is 12.5. The summed E-state index contributed by atoms with van der Waals surface area (Å²) in [5.74, 6) is 5.18. The quantitative estimate of drug-likeness (QED) is 0.866. The highest BCUT2D eigenvalue weighted by atomic mass is 35.5. The predicted octanol–water partition coefficient (Wildman–Crippen LogP) is 4.02. The summed E-state index contributed by atoms with van der Waals surface area (Å²) in [4.78, 5) is 0. The van der Waals surface area contributed by atoms with Crippen molar-refractivity contribution in [3.8, 4) is 17.6 Å². The summed E-state index contributed by atoms with van der Waals surface area (Å²) in [6.07, 6.45) is 0. The van der Waals surface area contributed by atoms with Crippen LogP contribution < -0.4 is 10.5 Å². The van der Waals surface area contributed by atoms with E-state index in [1.807, 2.05) is 0 Å². The summed E-state index contributed by atoms with van der Waals surface area (Å²) < 4.78 is 19.2. The van der Waals surface area contributed by atoms with Gasteiger partial charge < -0.3 is 10.5 Å². The lowest BCUT2D eigenvalue weighted by Gasteiger charge is -2.09. The highest BCUT2D eigenvalue weighted by Crippen LogP contribution is 2.24. The first kappa shape index (κ1) is 15.7. The van der Waals surface area contributed by atoms with Crippen LogP contribution in [0.15, 0.2) is 36.4 Å². The summed E-state index contributed by atoms with van der Waals surface area (Å²) in [7, 11) is 0. The molecule has 0 spiro atoms. The molecule has 0 saturated heterocycles. The van der Waals surface area contributed by atoms with Gasteiger partial charge in [0.05, 0.1) is 6.54 Å². The van der Waals surface area contributed by atoms with Crippen LogP contribution in [0, 0.1) is 17.7 Å². The van der Waals surface area contributed by atoms with Crippen LogP contribution in [0.1, 0.15) is 11.1 Å². The van der Waals surface area contributed by atoms with Gasteiger partial charge in [-0.25, -0.2) is 4.39 Å². The molecule has 0 aliphatic rings. The Labute approximate surface area is 132 Å². The van der Waals surface area contributed by atoms with Crippen molar-refractivity contribution in [3.05, 3.63) is 63.4 Å². The Balaban J connectivity index is 2.15. The zero-order valence-electron chi connectivity index (χ0n) is 11.0. The van der Waals surface area contributed by atoms with Gasteiger partial charge in [-0.15, -0.1) is 0 Å². The first-order valence-electron chi connectivity index (χ1n) is 6.15. The normalized spacial score (nSPS) is 9.90. The van der Waals surface area contributed by atoms with Crippen LogP contribution in [0.3, 0.4) is 0 Å². The van der Waals surface area contributed by atoms with E-state index in [-0.39, 0.29) is 18.9 Å². The van der Waals surface area contributed by atoms with Crippen LogP contribution in [-0.2, 0) is 6.61 Å². The smallest absolute Gasteiger partial charge is 0.165 e. The van der Waals surface area contributed by atoms with Crippen molar-refractivity contribution in [1.29, 1.82) is 0 Å². The maximum absolute atomic E-state index is 13.7. The van der Waals surface area contributed by atoms with Gasteiger partial charge in [-0.2, -0.15) is 0 Å². The molecule has 2 nitrogen and oxygen atoms in total. The fourth-order valence-corrected chi connectivity index (χ4v) is 2.10. The molecule has 0 aliphatic heterocycles. The Morgan fingerprint density at radius 1 is 1.14 bits per heavy atom. The number of halogens is 3. The maximum atomic E-state index is 13.7. The van der Waals surface area contributed by atoms with Gasteiger partial charge in [0.2, 0.25) is 0 Å². The van der Waals surface area contributed by atoms with Crippen molar-refractivity contribution in [1.82, 2.24) is 0 Å². The van der Waals surface area contributed by atoms with Crippen molar-refractivity contribution in [3.63, 3.8) is 0 Å². The third-order valence-electron chi connectivity index (χ3n) is 2.66. The number of rotatable bonds is 3. The second-order valence-corrected chi connectivity index (χ2v) is 5.02. The second kappa shape index (κ2) is 7.33. The van der Waals surface area contributed by atoms with Crippen LogP contribution in [0.25, 0.3) is 0 Å².